The molecule has 2 amide bonds. The minimum Gasteiger partial charge on any atom is -0.508 e. The molecule has 1 aliphatic heterocycles. The molecule has 0 saturated heterocycles. The largest absolute Gasteiger partial charge is 0.508 e. The van der Waals surface area contributed by atoms with Gasteiger partial charge in [-0.15, -0.1) is 0 Å². The summed E-state index contributed by atoms with van der Waals surface area (Å²) in [5, 5.41) is 45.0. The van der Waals surface area contributed by atoms with Gasteiger partial charge in [0.2, 0.25) is 11.7 Å². The fraction of sp³-hybridized carbons (Fsp3) is 0.467. The molecule has 5 rings (SSSR count). The number of nitrogens with zero attached hydrogens (tertiary/aromatic N) is 3. The van der Waals surface area contributed by atoms with Gasteiger partial charge in [0.15, 0.2) is 11.4 Å². The molecule has 4 aliphatic rings. The Kier molecular flexibility index (Phi) is 7.28. The number of fused-ring (bicyclic) bond motifs is 3. The van der Waals surface area contributed by atoms with Crippen molar-refractivity contribution in [1.82, 2.24) is 14.7 Å². The van der Waals surface area contributed by atoms with E-state index < -0.39 is 58.0 Å². The summed E-state index contributed by atoms with van der Waals surface area (Å²) >= 11 is 0. The molecule has 42 heavy (non-hydrogen) atoms. The number of rotatable bonds is 5. The monoisotopic (exact) mass is 580 g/mol. The van der Waals surface area contributed by atoms with Crippen LogP contribution in [-0.2, 0) is 25.6 Å². The number of Topliss-reactive ketones (excluding diaryl/α,β-unsaturated/α-hetero) is 2. The quantitative estimate of drug-likeness (QED) is 0.300. The van der Waals surface area contributed by atoms with E-state index in [9.17, 15) is 39.6 Å². The Morgan fingerprint density at radius 2 is 1.81 bits per heavy atom. The SMILES string of the molecule is CN(C)CC(=O)N1CC=C(c2ccc(O)c3c2C[C@H]2C[C@H]4[C@H](N(C)C)C(=O)C(C(N)=O)=C(O)[C@@]4(O)C(=O)C2=C3O)CC1. The van der Waals surface area contributed by atoms with Gasteiger partial charge in [0.1, 0.15) is 22.8 Å². The van der Waals surface area contributed by atoms with Crippen molar-refractivity contribution in [3.05, 3.63) is 51.8 Å². The first-order valence-electron chi connectivity index (χ1n) is 13.8. The number of phenols is 1. The second-order valence-electron chi connectivity index (χ2n) is 12.0. The molecule has 12 nitrogen and oxygen atoms in total. The Balaban J connectivity index is 1.60. The van der Waals surface area contributed by atoms with Crippen LogP contribution in [0.4, 0.5) is 0 Å². The lowest BCUT2D eigenvalue weighted by Crippen LogP contribution is -2.65. The molecule has 1 fully saturated rings. The van der Waals surface area contributed by atoms with E-state index >= 15 is 0 Å². The van der Waals surface area contributed by atoms with Gasteiger partial charge in [0.25, 0.3) is 5.91 Å². The van der Waals surface area contributed by atoms with Crippen molar-refractivity contribution < 1.29 is 39.6 Å². The molecule has 6 N–H and O–H groups in total. The van der Waals surface area contributed by atoms with Gasteiger partial charge in [-0.1, -0.05) is 12.1 Å². The van der Waals surface area contributed by atoms with Crippen molar-refractivity contribution in [3.8, 4) is 5.75 Å². The second kappa shape index (κ2) is 10.4. The molecular formula is C30H36N4O8. The highest BCUT2D eigenvalue weighted by molar-refractivity contribution is 6.24. The zero-order chi connectivity index (χ0) is 30.8. The smallest absolute Gasteiger partial charge is 0.255 e. The topological polar surface area (TPSA) is 185 Å². The standard InChI is InChI=1S/C30H36N4O8/c1-32(2)13-20(36)34-9-7-14(8-10-34)16-5-6-19(35)22-17(16)11-15-12-18-24(33(3)4)26(38)23(29(31)41)28(40)30(18,42)27(39)21(15)25(22)37/h5-7,15,18,24,35,37,40,42H,8-13H2,1-4H3,(H2,31,41)/t15-,18-,24-,30-/m0/s1. The van der Waals surface area contributed by atoms with Crippen LogP contribution in [0.1, 0.15) is 29.5 Å². The van der Waals surface area contributed by atoms with Crippen LogP contribution in [0.3, 0.4) is 0 Å². The number of carbonyl (C=O) groups is 4. The van der Waals surface area contributed by atoms with Crippen LogP contribution < -0.4 is 5.73 Å². The average molecular weight is 581 g/mol. The first-order chi connectivity index (χ1) is 19.7. The van der Waals surface area contributed by atoms with E-state index in [0.29, 0.717) is 31.6 Å². The fourth-order valence-electron chi connectivity index (χ4n) is 7.06. The molecule has 1 aromatic carbocycles. The molecule has 1 heterocycles. The Hall–Kier alpha value is -4.00. The first kappa shape index (κ1) is 29.5. The van der Waals surface area contributed by atoms with Gasteiger partial charge in [0.05, 0.1) is 18.2 Å². The molecule has 1 saturated carbocycles. The maximum Gasteiger partial charge on any atom is 0.255 e. The van der Waals surface area contributed by atoms with E-state index in [1.807, 2.05) is 25.1 Å². The van der Waals surface area contributed by atoms with Crippen LogP contribution in [0.15, 0.2) is 35.1 Å². The maximum atomic E-state index is 14.0. The summed E-state index contributed by atoms with van der Waals surface area (Å²) in [6, 6.07) is 2.03. The van der Waals surface area contributed by atoms with Crippen molar-refractivity contribution in [1.29, 1.82) is 0 Å². The van der Waals surface area contributed by atoms with E-state index in [-0.39, 0.29) is 35.6 Å². The van der Waals surface area contributed by atoms with Crippen molar-refractivity contribution in [3.63, 3.8) is 0 Å². The van der Waals surface area contributed by atoms with Crippen molar-refractivity contribution >= 4 is 34.7 Å². The summed E-state index contributed by atoms with van der Waals surface area (Å²) in [5.41, 5.74) is 4.03. The predicted molar refractivity (Wildman–Crippen MR) is 152 cm³/mol. The van der Waals surface area contributed by atoms with Gasteiger partial charge in [-0.3, -0.25) is 24.1 Å². The van der Waals surface area contributed by atoms with E-state index in [2.05, 4.69) is 0 Å². The lowest BCUT2D eigenvalue weighted by molar-refractivity contribution is -0.153. The fourth-order valence-corrected chi connectivity index (χ4v) is 7.06. The summed E-state index contributed by atoms with van der Waals surface area (Å²) < 4.78 is 0. The summed E-state index contributed by atoms with van der Waals surface area (Å²) in [5.74, 6) is -6.79. The predicted octanol–water partition coefficient (Wildman–Crippen LogP) is 0.141. The van der Waals surface area contributed by atoms with Crippen molar-refractivity contribution in [2.24, 2.45) is 17.6 Å². The van der Waals surface area contributed by atoms with Crippen LogP contribution >= 0.6 is 0 Å². The first-order valence-corrected chi connectivity index (χ1v) is 13.8. The van der Waals surface area contributed by atoms with Crippen LogP contribution in [0.25, 0.3) is 11.3 Å². The van der Waals surface area contributed by atoms with Gasteiger partial charge < -0.3 is 36.0 Å². The van der Waals surface area contributed by atoms with Crippen LogP contribution in [-0.4, -0.2) is 118 Å². The Labute approximate surface area is 243 Å². The van der Waals surface area contributed by atoms with E-state index in [1.165, 1.54) is 11.0 Å². The molecule has 0 bridgehead atoms. The average Bonchev–Trinajstić information content (AvgIpc) is 2.90. The lowest BCUT2D eigenvalue weighted by atomic mass is 9.57. The minimum absolute atomic E-state index is 0.00994. The zero-order valence-corrected chi connectivity index (χ0v) is 24.0. The zero-order valence-electron chi connectivity index (χ0n) is 24.0. The number of likely N-dealkylation sites (N-methyl/N-ethyl adjacent to an activating group) is 2. The number of phenolic OH excluding ortho intramolecular Hbond substituents is 1. The number of primary amides is 1. The van der Waals surface area contributed by atoms with Gasteiger partial charge in [-0.2, -0.15) is 0 Å². The Morgan fingerprint density at radius 3 is 2.38 bits per heavy atom. The number of hydrogen-bond donors (Lipinski definition) is 5. The van der Waals surface area contributed by atoms with Gasteiger partial charge in [-0.05, 0) is 76.1 Å². The summed E-state index contributed by atoms with van der Waals surface area (Å²) in [4.78, 5) is 57.0. The highest BCUT2D eigenvalue weighted by Crippen LogP contribution is 2.53. The van der Waals surface area contributed by atoms with Gasteiger partial charge >= 0.3 is 0 Å². The molecule has 1 aromatic rings. The van der Waals surface area contributed by atoms with E-state index in [4.69, 9.17) is 5.73 Å². The number of ketones is 2. The Bertz CT molecular complexity index is 1510. The minimum atomic E-state index is -2.67. The number of aliphatic hydroxyl groups is 3. The van der Waals surface area contributed by atoms with Crippen LogP contribution in [0.5, 0.6) is 5.75 Å². The maximum absolute atomic E-state index is 14.0. The number of nitrogens with two attached hydrogens (primary N) is 1. The molecule has 0 spiro atoms. The summed E-state index contributed by atoms with van der Waals surface area (Å²) in [6.45, 7) is 1.20. The summed E-state index contributed by atoms with van der Waals surface area (Å²) in [7, 11) is 6.78. The molecular weight excluding hydrogens is 544 g/mol. The molecule has 0 radical (unpaired) electrons. The highest BCUT2D eigenvalue weighted by atomic mass is 16.3. The molecule has 4 atom stereocenters. The number of aliphatic hydroxyl groups excluding tert-OH is 2. The highest BCUT2D eigenvalue weighted by Gasteiger charge is 2.64. The van der Waals surface area contributed by atoms with E-state index in [1.54, 1.807) is 25.1 Å². The third-order valence-corrected chi connectivity index (χ3v) is 8.96. The number of benzene rings is 1. The molecule has 224 valence electrons. The Morgan fingerprint density at radius 1 is 1.12 bits per heavy atom. The van der Waals surface area contributed by atoms with Crippen LogP contribution in [0, 0.1) is 11.8 Å². The van der Waals surface area contributed by atoms with Crippen molar-refractivity contribution in [2.45, 2.75) is 30.9 Å². The molecule has 12 heteroatoms. The van der Waals surface area contributed by atoms with Crippen molar-refractivity contribution in [2.75, 3.05) is 47.8 Å². The normalized spacial score (nSPS) is 27.6. The van der Waals surface area contributed by atoms with Gasteiger partial charge in [-0.25, -0.2) is 0 Å². The lowest BCUT2D eigenvalue weighted by Gasteiger charge is -2.50. The number of carbonyl (C=O) groups excluding carboxylic acids is 4. The second-order valence-corrected chi connectivity index (χ2v) is 12.0. The van der Waals surface area contributed by atoms with Crippen LogP contribution in [0.2, 0.25) is 0 Å². The number of hydrogen-bond acceptors (Lipinski definition) is 10. The number of aromatic hydroxyl groups is 1. The van der Waals surface area contributed by atoms with Gasteiger partial charge in [0, 0.05) is 24.6 Å². The van der Waals surface area contributed by atoms with E-state index in [0.717, 1.165) is 11.1 Å². The third-order valence-electron chi connectivity index (χ3n) is 8.96. The summed E-state index contributed by atoms with van der Waals surface area (Å²) in [6.07, 6.45) is 2.72. The third kappa shape index (κ3) is 4.32. The molecule has 0 unspecified atom stereocenters. The molecule has 3 aliphatic carbocycles. The number of amides is 2. The molecule has 0 aromatic heterocycles.